The van der Waals surface area contributed by atoms with Gasteiger partial charge in [-0.15, -0.1) is 0 Å². The number of carbonyl (C=O) groups is 1. The maximum atomic E-state index is 12.2. The lowest BCUT2D eigenvalue weighted by atomic mass is 9.89. The minimum atomic E-state index is -0.129. The quantitative estimate of drug-likeness (QED) is 0.925. The van der Waals surface area contributed by atoms with E-state index in [0.29, 0.717) is 12.4 Å². The first-order valence-corrected chi connectivity index (χ1v) is 9.39. The predicted octanol–water partition coefficient (Wildman–Crippen LogP) is 2.89. The molecule has 2 aromatic heterocycles. The van der Waals surface area contributed by atoms with Crippen LogP contribution in [0.3, 0.4) is 0 Å². The van der Waals surface area contributed by atoms with E-state index in [9.17, 15) is 4.79 Å². The van der Waals surface area contributed by atoms with Gasteiger partial charge in [0.1, 0.15) is 0 Å². The van der Waals surface area contributed by atoms with Crippen LogP contribution in [0.2, 0.25) is 0 Å². The third-order valence-corrected chi connectivity index (χ3v) is 5.69. The maximum absolute atomic E-state index is 12.2. The number of nitrogens with one attached hydrogen (secondary N) is 1. The molecule has 2 aromatic rings. The average molecular weight is 346 g/mol. The van der Waals surface area contributed by atoms with Gasteiger partial charge in [-0.3, -0.25) is 9.69 Å². The van der Waals surface area contributed by atoms with Crippen LogP contribution in [0.25, 0.3) is 0 Å². The number of carbonyl (C=O) groups excluding carboxylic acids is 1. The minimum absolute atomic E-state index is 0.116. The largest absolute Gasteiger partial charge is 0.459 e. The van der Waals surface area contributed by atoms with E-state index < -0.39 is 0 Å². The molecule has 0 bridgehead atoms. The molecule has 0 aromatic carbocycles. The van der Waals surface area contributed by atoms with Crippen LogP contribution in [0.4, 0.5) is 0 Å². The maximum Gasteiger partial charge on any atom is 0.287 e. The number of rotatable bonds is 4. The molecule has 0 saturated carbocycles. The van der Waals surface area contributed by atoms with Crippen LogP contribution in [0.1, 0.15) is 35.4 Å². The van der Waals surface area contributed by atoms with E-state index in [1.54, 1.807) is 23.5 Å². The number of amides is 1. The molecule has 4 heterocycles. The van der Waals surface area contributed by atoms with Crippen molar-refractivity contribution in [2.45, 2.75) is 37.5 Å². The number of furan rings is 1. The summed E-state index contributed by atoms with van der Waals surface area (Å²) in [6, 6.07) is 5.77. The zero-order chi connectivity index (χ0) is 16.4. The average Bonchev–Trinajstić information content (AvgIpc) is 3.31. The fourth-order valence-electron chi connectivity index (χ4n) is 3.80. The highest BCUT2D eigenvalue weighted by atomic mass is 32.1. The highest BCUT2D eigenvalue weighted by Crippen LogP contribution is 2.35. The summed E-state index contributed by atoms with van der Waals surface area (Å²) in [7, 11) is 0. The van der Waals surface area contributed by atoms with Crippen LogP contribution in [-0.4, -0.2) is 42.1 Å². The number of likely N-dealkylation sites (tertiary alicyclic amines) is 1. The first-order valence-electron chi connectivity index (χ1n) is 8.44. The van der Waals surface area contributed by atoms with Crippen molar-refractivity contribution in [3.05, 3.63) is 46.5 Å². The summed E-state index contributed by atoms with van der Waals surface area (Å²) in [5.74, 6) is 0.247. The minimum Gasteiger partial charge on any atom is -0.459 e. The molecule has 0 aliphatic carbocycles. The SMILES string of the molecule is O=C(N[C@H]1CCO[C@]2(CCN(Cc3ccsc3)C2)C1)c1ccco1. The van der Waals surface area contributed by atoms with Crippen molar-refractivity contribution in [1.29, 1.82) is 0 Å². The van der Waals surface area contributed by atoms with Crippen LogP contribution in [-0.2, 0) is 11.3 Å². The second-order valence-electron chi connectivity index (χ2n) is 6.76. The van der Waals surface area contributed by atoms with Crippen molar-refractivity contribution in [3.63, 3.8) is 0 Å². The molecule has 1 amide bonds. The van der Waals surface area contributed by atoms with Crippen LogP contribution >= 0.6 is 11.3 Å². The first-order chi connectivity index (χ1) is 11.7. The number of ether oxygens (including phenoxy) is 1. The van der Waals surface area contributed by atoms with Gasteiger partial charge in [0.05, 0.1) is 11.9 Å². The third kappa shape index (κ3) is 3.41. The van der Waals surface area contributed by atoms with Gasteiger partial charge in [-0.2, -0.15) is 11.3 Å². The molecule has 0 radical (unpaired) electrons. The van der Waals surface area contributed by atoms with Gasteiger partial charge >= 0.3 is 0 Å². The molecule has 0 unspecified atom stereocenters. The van der Waals surface area contributed by atoms with Gasteiger partial charge < -0.3 is 14.5 Å². The Balaban J connectivity index is 1.35. The number of nitrogens with zero attached hydrogens (tertiary/aromatic N) is 1. The molecule has 128 valence electrons. The van der Waals surface area contributed by atoms with Crippen LogP contribution in [0.15, 0.2) is 39.6 Å². The Bertz CT molecular complexity index is 671. The Morgan fingerprint density at radius 3 is 3.21 bits per heavy atom. The lowest BCUT2D eigenvalue weighted by molar-refractivity contribution is -0.0793. The molecule has 2 saturated heterocycles. The molecule has 24 heavy (non-hydrogen) atoms. The standard InChI is InChI=1S/C18H22N2O3S/c21-17(16-2-1-7-22-16)19-15-3-8-23-18(10-15)5-6-20(13-18)11-14-4-9-24-12-14/h1-2,4,7,9,12,15H,3,5-6,8,10-11,13H2,(H,19,21)/t15-,18+/m0/s1. The monoisotopic (exact) mass is 346 g/mol. The Morgan fingerprint density at radius 2 is 2.42 bits per heavy atom. The lowest BCUT2D eigenvalue weighted by Crippen LogP contribution is -2.49. The fourth-order valence-corrected chi connectivity index (χ4v) is 4.46. The summed E-state index contributed by atoms with van der Waals surface area (Å²) in [5, 5.41) is 7.43. The van der Waals surface area contributed by atoms with Gasteiger partial charge in [0.2, 0.25) is 0 Å². The van der Waals surface area contributed by atoms with Crippen molar-refractivity contribution in [2.75, 3.05) is 19.7 Å². The van der Waals surface area contributed by atoms with E-state index in [1.165, 1.54) is 11.8 Å². The van der Waals surface area contributed by atoms with Crippen LogP contribution in [0.5, 0.6) is 0 Å². The van der Waals surface area contributed by atoms with Gasteiger partial charge in [0.25, 0.3) is 5.91 Å². The molecular formula is C18H22N2O3S. The number of hydrogen-bond donors (Lipinski definition) is 1. The Hall–Kier alpha value is -1.63. The Labute approximate surface area is 145 Å². The van der Waals surface area contributed by atoms with E-state index in [1.807, 2.05) is 0 Å². The molecule has 1 spiro atoms. The summed E-state index contributed by atoms with van der Waals surface area (Å²) >= 11 is 1.74. The predicted molar refractivity (Wildman–Crippen MR) is 92.1 cm³/mol. The van der Waals surface area contributed by atoms with Crippen molar-refractivity contribution >= 4 is 17.2 Å². The molecule has 2 aliphatic heterocycles. The molecule has 5 nitrogen and oxygen atoms in total. The van der Waals surface area contributed by atoms with Gasteiger partial charge in [-0.25, -0.2) is 0 Å². The van der Waals surface area contributed by atoms with Gasteiger partial charge in [-0.1, -0.05) is 0 Å². The van der Waals surface area contributed by atoms with Crippen molar-refractivity contribution in [1.82, 2.24) is 10.2 Å². The van der Waals surface area contributed by atoms with Gasteiger partial charge in [0, 0.05) is 32.3 Å². The smallest absolute Gasteiger partial charge is 0.287 e. The molecule has 2 fully saturated rings. The van der Waals surface area contributed by atoms with Crippen LogP contribution < -0.4 is 5.32 Å². The zero-order valence-corrected chi connectivity index (χ0v) is 14.4. The summed E-state index contributed by atoms with van der Waals surface area (Å²) in [4.78, 5) is 14.7. The summed E-state index contributed by atoms with van der Waals surface area (Å²) in [6.45, 7) is 3.68. The van der Waals surface area contributed by atoms with Gasteiger partial charge in [0.15, 0.2) is 5.76 Å². The molecule has 1 N–H and O–H groups in total. The summed E-state index contributed by atoms with van der Waals surface area (Å²) in [5.41, 5.74) is 1.26. The molecule has 6 heteroatoms. The second kappa shape index (κ2) is 6.70. The van der Waals surface area contributed by atoms with Crippen LogP contribution in [0, 0.1) is 0 Å². The van der Waals surface area contributed by atoms with E-state index in [0.717, 1.165) is 38.9 Å². The zero-order valence-electron chi connectivity index (χ0n) is 13.6. The lowest BCUT2D eigenvalue weighted by Gasteiger charge is -2.38. The molecule has 2 aliphatic rings. The van der Waals surface area contributed by atoms with E-state index >= 15 is 0 Å². The third-order valence-electron chi connectivity index (χ3n) is 4.95. The molecular weight excluding hydrogens is 324 g/mol. The van der Waals surface area contributed by atoms with E-state index in [4.69, 9.17) is 9.15 Å². The highest BCUT2D eigenvalue weighted by molar-refractivity contribution is 7.07. The van der Waals surface area contributed by atoms with Crippen molar-refractivity contribution in [2.24, 2.45) is 0 Å². The Morgan fingerprint density at radius 1 is 1.46 bits per heavy atom. The normalized spacial score (nSPS) is 27.6. The molecule has 4 rings (SSSR count). The first kappa shape index (κ1) is 15.9. The van der Waals surface area contributed by atoms with E-state index in [2.05, 4.69) is 27.0 Å². The molecule has 2 atom stereocenters. The second-order valence-corrected chi connectivity index (χ2v) is 7.54. The van der Waals surface area contributed by atoms with E-state index in [-0.39, 0.29) is 17.6 Å². The van der Waals surface area contributed by atoms with Gasteiger partial charge in [-0.05, 0) is 53.8 Å². The van der Waals surface area contributed by atoms with Crippen molar-refractivity contribution in [3.8, 4) is 0 Å². The van der Waals surface area contributed by atoms with Crippen molar-refractivity contribution < 1.29 is 13.9 Å². The topological polar surface area (TPSA) is 54.7 Å². The summed E-state index contributed by atoms with van der Waals surface area (Å²) in [6.07, 6.45) is 4.29. The number of hydrogen-bond acceptors (Lipinski definition) is 5. The highest BCUT2D eigenvalue weighted by Gasteiger charge is 2.43. The Kier molecular flexibility index (Phi) is 4.43. The fraction of sp³-hybridized carbons (Fsp3) is 0.500. The number of thiophene rings is 1. The summed E-state index contributed by atoms with van der Waals surface area (Å²) < 4.78 is 11.3.